The van der Waals surface area contributed by atoms with Gasteiger partial charge in [0.1, 0.15) is 0 Å². The molecular formula is C12H15N3O2. The number of aryl methyl sites for hydroxylation is 1. The molecule has 0 saturated carbocycles. The Bertz CT molecular complexity index is 445. The van der Waals surface area contributed by atoms with Gasteiger partial charge in [0.15, 0.2) is 0 Å². The first-order valence-corrected chi connectivity index (χ1v) is 5.60. The van der Waals surface area contributed by atoms with Gasteiger partial charge in [-0.1, -0.05) is 18.2 Å². The van der Waals surface area contributed by atoms with Crippen LogP contribution in [0.5, 0.6) is 0 Å². The lowest BCUT2D eigenvalue weighted by atomic mass is 10.2. The number of rotatable bonds is 2. The van der Waals surface area contributed by atoms with E-state index in [0.29, 0.717) is 13.0 Å². The molecule has 5 nitrogen and oxygen atoms in total. The van der Waals surface area contributed by atoms with E-state index in [1.807, 2.05) is 31.2 Å². The zero-order valence-corrected chi connectivity index (χ0v) is 9.69. The first-order valence-electron chi connectivity index (χ1n) is 5.60. The van der Waals surface area contributed by atoms with E-state index in [0.717, 1.165) is 17.7 Å². The van der Waals surface area contributed by atoms with E-state index < -0.39 is 0 Å². The van der Waals surface area contributed by atoms with E-state index in [2.05, 4.69) is 10.7 Å². The molecule has 0 aliphatic carbocycles. The van der Waals surface area contributed by atoms with Crippen LogP contribution in [0.1, 0.15) is 18.4 Å². The topological polar surface area (TPSA) is 61.4 Å². The fourth-order valence-corrected chi connectivity index (χ4v) is 1.75. The number of nitrogens with zero attached hydrogens (tertiary/aromatic N) is 1. The molecule has 1 saturated heterocycles. The average molecular weight is 233 g/mol. The molecule has 17 heavy (non-hydrogen) atoms. The zero-order chi connectivity index (χ0) is 12.3. The molecule has 2 rings (SSSR count). The monoisotopic (exact) mass is 233 g/mol. The summed E-state index contributed by atoms with van der Waals surface area (Å²) in [5.41, 5.74) is 4.27. The van der Waals surface area contributed by atoms with Gasteiger partial charge in [-0.25, -0.2) is 10.2 Å². The summed E-state index contributed by atoms with van der Waals surface area (Å²) in [7, 11) is 0. The number of carbonyl (C=O) groups excluding carboxylic acids is 2. The largest absolute Gasteiger partial charge is 0.338 e. The second-order valence-electron chi connectivity index (χ2n) is 4.03. The van der Waals surface area contributed by atoms with Crippen molar-refractivity contribution in [3.8, 4) is 0 Å². The van der Waals surface area contributed by atoms with E-state index in [4.69, 9.17) is 0 Å². The maximum atomic E-state index is 11.7. The van der Waals surface area contributed by atoms with Gasteiger partial charge in [-0.15, -0.1) is 0 Å². The molecule has 3 amide bonds. The Morgan fingerprint density at radius 2 is 2.12 bits per heavy atom. The summed E-state index contributed by atoms with van der Waals surface area (Å²) in [4.78, 5) is 23.0. The maximum absolute atomic E-state index is 11.7. The van der Waals surface area contributed by atoms with Crippen molar-refractivity contribution in [3.63, 3.8) is 0 Å². The Morgan fingerprint density at radius 3 is 2.76 bits per heavy atom. The van der Waals surface area contributed by atoms with Gasteiger partial charge in [0.05, 0.1) is 0 Å². The Balaban J connectivity index is 1.93. The molecular weight excluding hydrogens is 218 g/mol. The Morgan fingerprint density at radius 1 is 1.35 bits per heavy atom. The van der Waals surface area contributed by atoms with E-state index in [9.17, 15) is 9.59 Å². The summed E-state index contributed by atoms with van der Waals surface area (Å²) in [5.74, 6) is -0.0371. The van der Waals surface area contributed by atoms with Gasteiger partial charge in [-0.2, -0.15) is 0 Å². The van der Waals surface area contributed by atoms with Crippen molar-refractivity contribution in [1.29, 1.82) is 0 Å². The summed E-state index contributed by atoms with van der Waals surface area (Å²) >= 11 is 0. The Hall–Kier alpha value is -2.04. The van der Waals surface area contributed by atoms with Gasteiger partial charge in [0.25, 0.3) is 0 Å². The third kappa shape index (κ3) is 2.75. The summed E-state index contributed by atoms with van der Waals surface area (Å²) < 4.78 is 0. The lowest BCUT2D eigenvalue weighted by Crippen LogP contribution is -2.45. The Kier molecular flexibility index (Phi) is 3.27. The van der Waals surface area contributed by atoms with E-state index in [1.54, 1.807) is 0 Å². The predicted molar refractivity (Wildman–Crippen MR) is 64.3 cm³/mol. The fourth-order valence-electron chi connectivity index (χ4n) is 1.75. The molecule has 1 heterocycles. The van der Waals surface area contributed by atoms with Crippen LogP contribution in [-0.4, -0.2) is 23.5 Å². The van der Waals surface area contributed by atoms with Gasteiger partial charge in [0, 0.05) is 18.7 Å². The number of anilines is 1. The molecule has 5 heteroatoms. The van der Waals surface area contributed by atoms with Crippen molar-refractivity contribution in [2.45, 2.75) is 19.8 Å². The van der Waals surface area contributed by atoms with Crippen molar-refractivity contribution in [2.75, 3.05) is 11.9 Å². The van der Waals surface area contributed by atoms with Crippen molar-refractivity contribution in [3.05, 3.63) is 29.8 Å². The van der Waals surface area contributed by atoms with Gasteiger partial charge < -0.3 is 5.32 Å². The van der Waals surface area contributed by atoms with E-state index in [1.165, 1.54) is 5.01 Å². The summed E-state index contributed by atoms with van der Waals surface area (Å²) in [6, 6.07) is 7.11. The summed E-state index contributed by atoms with van der Waals surface area (Å²) in [6.07, 6.45) is 1.30. The molecule has 1 aliphatic rings. The fraction of sp³-hybridized carbons (Fsp3) is 0.333. The van der Waals surface area contributed by atoms with Crippen LogP contribution < -0.4 is 10.7 Å². The molecule has 1 aromatic carbocycles. The second kappa shape index (κ2) is 4.86. The Labute approximate surface area is 99.8 Å². The van der Waals surface area contributed by atoms with Crippen LogP contribution in [0.4, 0.5) is 10.5 Å². The molecule has 0 bridgehead atoms. The normalized spacial score (nSPS) is 14.9. The van der Waals surface area contributed by atoms with E-state index in [-0.39, 0.29) is 11.9 Å². The highest BCUT2D eigenvalue weighted by Gasteiger charge is 2.21. The molecule has 2 N–H and O–H groups in total. The van der Waals surface area contributed by atoms with Crippen LogP contribution in [0.2, 0.25) is 0 Å². The van der Waals surface area contributed by atoms with Crippen molar-refractivity contribution in [1.82, 2.24) is 10.4 Å². The molecule has 0 unspecified atom stereocenters. The van der Waals surface area contributed by atoms with Gasteiger partial charge in [-0.3, -0.25) is 9.80 Å². The minimum absolute atomic E-state index is 0.0371. The van der Waals surface area contributed by atoms with Crippen LogP contribution >= 0.6 is 0 Å². The number of hydrogen-bond acceptors (Lipinski definition) is 2. The van der Waals surface area contributed by atoms with Gasteiger partial charge >= 0.3 is 6.03 Å². The number of hydrazine groups is 1. The predicted octanol–water partition coefficient (Wildman–Crippen LogP) is 1.65. The number of benzene rings is 1. The number of carbonyl (C=O) groups is 2. The van der Waals surface area contributed by atoms with Gasteiger partial charge in [-0.05, 0) is 25.0 Å². The minimum atomic E-state index is -0.380. The average Bonchev–Trinajstić information content (AvgIpc) is 2.68. The van der Waals surface area contributed by atoms with Crippen LogP contribution in [0.25, 0.3) is 0 Å². The van der Waals surface area contributed by atoms with Crippen LogP contribution in [0, 0.1) is 6.92 Å². The first-order chi connectivity index (χ1) is 8.16. The maximum Gasteiger partial charge on any atom is 0.338 e. The highest BCUT2D eigenvalue weighted by atomic mass is 16.2. The summed E-state index contributed by atoms with van der Waals surface area (Å²) in [5, 5.41) is 4.07. The van der Waals surface area contributed by atoms with Crippen LogP contribution in [-0.2, 0) is 4.79 Å². The number of para-hydroxylation sites is 1. The molecule has 0 aromatic heterocycles. The standard InChI is InChI=1S/C12H15N3O2/c1-9-5-2-3-6-10(9)13-12(17)14-15-8-4-7-11(15)16/h2-3,5-6H,4,7-8H2,1H3,(H2,13,14,17). The van der Waals surface area contributed by atoms with Crippen LogP contribution in [0.3, 0.4) is 0 Å². The van der Waals surface area contributed by atoms with Crippen LogP contribution in [0.15, 0.2) is 24.3 Å². The molecule has 0 atom stereocenters. The molecule has 0 radical (unpaired) electrons. The SMILES string of the molecule is Cc1ccccc1NC(=O)NN1CCCC1=O. The lowest BCUT2D eigenvalue weighted by molar-refractivity contribution is -0.129. The quantitative estimate of drug-likeness (QED) is 0.816. The molecule has 1 aliphatic heterocycles. The number of urea groups is 1. The zero-order valence-electron chi connectivity index (χ0n) is 9.69. The number of hydrogen-bond donors (Lipinski definition) is 2. The highest BCUT2D eigenvalue weighted by molar-refractivity contribution is 5.91. The van der Waals surface area contributed by atoms with Crippen molar-refractivity contribution < 1.29 is 9.59 Å². The summed E-state index contributed by atoms with van der Waals surface area (Å²) in [6.45, 7) is 2.50. The lowest BCUT2D eigenvalue weighted by Gasteiger charge is -2.17. The third-order valence-electron chi connectivity index (χ3n) is 2.70. The van der Waals surface area contributed by atoms with Crippen molar-refractivity contribution in [2.24, 2.45) is 0 Å². The second-order valence-corrected chi connectivity index (χ2v) is 4.03. The molecule has 90 valence electrons. The first kappa shape index (κ1) is 11.4. The molecule has 1 fully saturated rings. The highest BCUT2D eigenvalue weighted by Crippen LogP contribution is 2.13. The van der Waals surface area contributed by atoms with Crippen molar-refractivity contribution >= 4 is 17.6 Å². The number of amides is 3. The molecule has 0 spiro atoms. The minimum Gasteiger partial charge on any atom is -0.306 e. The van der Waals surface area contributed by atoms with Gasteiger partial charge in [0.2, 0.25) is 5.91 Å². The number of nitrogens with one attached hydrogen (secondary N) is 2. The third-order valence-corrected chi connectivity index (χ3v) is 2.70. The smallest absolute Gasteiger partial charge is 0.306 e. The van der Waals surface area contributed by atoms with E-state index >= 15 is 0 Å². The molecule has 1 aromatic rings.